The SMILES string of the molecule is COC(=O)C#CC(C)(C)c1ccc(OC)c(CN[C@H]2CCCN(C(=O)OC(C)(C)C)[C@H]2c2ccccc2)c1. The molecule has 1 saturated heterocycles. The second-order valence-electron chi connectivity index (χ2n) is 11.1. The summed E-state index contributed by atoms with van der Waals surface area (Å²) < 4.78 is 16.1. The number of amides is 1. The number of likely N-dealkylation sites (tertiary alicyclic amines) is 1. The minimum absolute atomic E-state index is 0.0131. The van der Waals surface area contributed by atoms with Gasteiger partial charge in [0.15, 0.2) is 0 Å². The van der Waals surface area contributed by atoms with Crippen LogP contribution in [0.25, 0.3) is 0 Å². The number of hydrogen-bond acceptors (Lipinski definition) is 6. The predicted octanol–water partition coefficient (Wildman–Crippen LogP) is 5.38. The van der Waals surface area contributed by atoms with Crippen LogP contribution in [-0.4, -0.2) is 49.4 Å². The van der Waals surface area contributed by atoms with Gasteiger partial charge in [0.25, 0.3) is 0 Å². The van der Waals surface area contributed by atoms with Gasteiger partial charge in [0.05, 0.1) is 25.7 Å². The number of esters is 1. The Morgan fingerprint density at radius 3 is 2.39 bits per heavy atom. The fourth-order valence-electron chi connectivity index (χ4n) is 4.67. The number of rotatable bonds is 6. The smallest absolute Gasteiger partial charge is 0.410 e. The highest BCUT2D eigenvalue weighted by molar-refractivity contribution is 5.88. The zero-order valence-corrected chi connectivity index (χ0v) is 23.6. The molecule has 1 heterocycles. The molecule has 0 aromatic heterocycles. The summed E-state index contributed by atoms with van der Waals surface area (Å²) in [7, 11) is 2.97. The molecule has 2 atom stereocenters. The Labute approximate surface area is 226 Å². The van der Waals surface area contributed by atoms with Crippen LogP contribution < -0.4 is 10.1 Å². The Morgan fingerprint density at radius 1 is 1.05 bits per heavy atom. The molecule has 0 aliphatic carbocycles. The lowest BCUT2D eigenvalue weighted by Gasteiger charge is -2.42. The molecule has 2 aromatic rings. The average molecular weight is 521 g/mol. The van der Waals surface area contributed by atoms with Crippen LogP contribution in [0.15, 0.2) is 48.5 Å². The first kappa shape index (κ1) is 29.1. The summed E-state index contributed by atoms with van der Waals surface area (Å²) in [6, 6.07) is 15.9. The van der Waals surface area contributed by atoms with Crippen LogP contribution in [-0.2, 0) is 26.2 Å². The van der Waals surface area contributed by atoms with E-state index in [4.69, 9.17) is 9.47 Å². The normalized spacial score (nSPS) is 17.7. The van der Waals surface area contributed by atoms with E-state index >= 15 is 0 Å². The molecule has 7 nitrogen and oxygen atoms in total. The molecule has 1 aliphatic rings. The Hall–Kier alpha value is -3.50. The fraction of sp³-hybridized carbons (Fsp3) is 0.484. The number of benzene rings is 2. The highest BCUT2D eigenvalue weighted by atomic mass is 16.6. The quantitative estimate of drug-likeness (QED) is 0.313. The molecule has 204 valence electrons. The maximum atomic E-state index is 13.2. The van der Waals surface area contributed by atoms with Crippen molar-refractivity contribution in [3.8, 4) is 17.6 Å². The molecule has 7 heteroatoms. The van der Waals surface area contributed by atoms with Gasteiger partial charge in [-0.15, -0.1) is 0 Å². The van der Waals surface area contributed by atoms with Crippen molar-refractivity contribution in [3.05, 3.63) is 65.2 Å². The topological polar surface area (TPSA) is 77.1 Å². The molecule has 1 N–H and O–H groups in total. The third-order valence-electron chi connectivity index (χ3n) is 6.62. The van der Waals surface area contributed by atoms with Crippen LogP contribution in [0.4, 0.5) is 4.79 Å². The number of ether oxygens (including phenoxy) is 3. The van der Waals surface area contributed by atoms with Crippen molar-refractivity contribution < 1.29 is 23.8 Å². The lowest BCUT2D eigenvalue weighted by atomic mass is 9.84. The van der Waals surface area contributed by atoms with E-state index in [0.717, 1.165) is 35.3 Å². The van der Waals surface area contributed by atoms with E-state index < -0.39 is 17.0 Å². The number of piperidine rings is 1. The lowest BCUT2D eigenvalue weighted by Crippen LogP contribution is -2.51. The standard InChI is InChI=1S/C31H40N2O5/c1-30(2,3)38-29(35)33-19-11-14-25(28(33)22-12-9-8-10-13-22)32-21-23-20-24(15-16-26(23)36-6)31(4,5)18-17-27(34)37-7/h8-10,12-13,15-16,20,25,28,32H,11,14,19,21H2,1-7H3/t25-,28-/m0/s1. The maximum absolute atomic E-state index is 13.2. The zero-order valence-electron chi connectivity index (χ0n) is 23.6. The van der Waals surface area contributed by atoms with Gasteiger partial charge in [-0.1, -0.05) is 42.3 Å². The van der Waals surface area contributed by atoms with Gasteiger partial charge in [0.2, 0.25) is 0 Å². The summed E-state index contributed by atoms with van der Waals surface area (Å²) in [4.78, 5) is 26.6. The molecule has 2 aromatic carbocycles. The van der Waals surface area contributed by atoms with E-state index in [1.165, 1.54) is 7.11 Å². The third kappa shape index (κ3) is 7.52. The molecule has 1 fully saturated rings. The molecule has 0 unspecified atom stereocenters. The molecular formula is C31H40N2O5. The molecule has 0 radical (unpaired) electrons. The van der Waals surface area contributed by atoms with E-state index in [0.29, 0.717) is 13.1 Å². The van der Waals surface area contributed by atoms with Gasteiger partial charge < -0.3 is 19.5 Å². The molecular weight excluding hydrogens is 480 g/mol. The summed E-state index contributed by atoms with van der Waals surface area (Å²) >= 11 is 0. The average Bonchev–Trinajstić information content (AvgIpc) is 2.89. The second-order valence-corrected chi connectivity index (χ2v) is 11.1. The van der Waals surface area contributed by atoms with Crippen LogP contribution in [0.1, 0.15) is 70.2 Å². The van der Waals surface area contributed by atoms with Crippen LogP contribution in [0.3, 0.4) is 0 Å². The maximum Gasteiger partial charge on any atom is 0.410 e. The Kier molecular flexibility index (Phi) is 9.45. The van der Waals surface area contributed by atoms with Crippen LogP contribution in [0, 0.1) is 11.8 Å². The zero-order chi connectivity index (χ0) is 27.9. The Bertz CT molecular complexity index is 1170. The number of hydrogen-bond donors (Lipinski definition) is 1. The van der Waals surface area contributed by atoms with Gasteiger partial charge in [0, 0.05) is 30.6 Å². The molecule has 1 aliphatic heterocycles. The molecule has 0 saturated carbocycles. The van der Waals surface area contributed by atoms with Gasteiger partial charge in [-0.25, -0.2) is 9.59 Å². The van der Waals surface area contributed by atoms with Crippen LogP contribution >= 0.6 is 0 Å². The van der Waals surface area contributed by atoms with E-state index in [1.807, 2.05) is 69.9 Å². The van der Waals surface area contributed by atoms with Gasteiger partial charge in [-0.05, 0) is 70.7 Å². The largest absolute Gasteiger partial charge is 0.496 e. The summed E-state index contributed by atoms with van der Waals surface area (Å²) in [5, 5.41) is 3.71. The first-order valence-electron chi connectivity index (χ1n) is 13.0. The second kappa shape index (κ2) is 12.4. The van der Waals surface area contributed by atoms with Crippen molar-refractivity contribution in [3.63, 3.8) is 0 Å². The van der Waals surface area contributed by atoms with E-state index in [1.54, 1.807) is 7.11 Å². The van der Waals surface area contributed by atoms with Crippen molar-refractivity contribution in [2.75, 3.05) is 20.8 Å². The Balaban J connectivity index is 1.88. The Morgan fingerprint density at radius 2 is 1.76 bits per heavy atom. The minimum atomic E-state index is -0.573. The molecule has 0 spiro atoms. The number of methoxy groups -OCH3 is 2. The summed E-state index contributed by atoms with van der Waals surface area (Å²) in [6.45, 7) is 10.8. The first-order chi connectivity index (χ1) is 17.9. The summed E-state index contributed by atoms with van der Waals surface area (Å²) in [5.74, 6) is 5.76. The predicted molar refractivity (Wildman–Crippen MR) is 148 cm³/mol. The van der Waals surface area contributed by atoms with Gasteiger partial charge >= 0.3 is 12.1 Å². The number of nitrogens with zero attached hydrogens (tertiary/aromatic N) is 1. The highest BCUT2D eigenvalue weighted by Gasteiger charge is 2.37. The highest BCUT2D eigenvalue weighted by Crippen LogP contribution is 2.34. The van der Waals surface area contributed by atoms with E-state index in [2.05, 4.69) is 40.1 Å². The first-order valence-corrected chi connectivity index (χ1v) is 13.0. The molecule has 1 amide bonds. The molecule has 0 bridgehead atoms. The minimum Gasteiger partial charge on any atom is -0.496 e. The van der Waals surface area contributed by atoms with Crippen molar-refractivity contribution in [1.82, 2.24) is 10.2 Å². The van der Waals surface area contributed by atoms with E-state index in [9.17, 15) is 9.59 Å². The summed E-state index contributed by atoms with van der Waals surface area (Å²) in [6.07, 6.45) is 1.48. The van der Waals surface area contributed by atoms with Crippen molar-refractivity contribution in [2.24, 2.45) is 0 Å². The summed E-state index contributed by atoms with van der Waals surface area (Å²) in [5.41, 5.74) is 1.86. The van der Waals surface area contributed by atoms with Crippen molar-refractivity contribution in [1.29, 1.82) is 0 Å². The van der Waals surface area contributed by atoms with Crippen LogP contribution in [0.2, 0.25) is 0 Å². The molecule has 3 rings (SSSR count). The van der Waals surface area contributed by atoms with Crippen molar-refractivity contribution >= 4 is 12.1 Å². The number of carbonyl (C=O) groups is 2. The lowest BCUT2D eigenvalue weighted by molar-refractivity contribution is -0.133. The van der Waals surface area contributed by atoms with E-state index in [-0.39, 0.29) is 18.2 Å². The third-order valence-corrected chi connectivity index (χ3v) is 6.62. The number of nitrogens with one attached hydrogen (secondary N) is 1. The monoisotopic (exact) mass is 520 g/mol. The fourth-order valence-corrected chi connectivity index (χ4v) is 4.67. The van der Waals surface area contributed by atoms with Crippen LogP contribution in [0.5, 0.6) is 5.75 Å². The van der Waals surface area contributed by atoms with Crippen molar-refractivity contribution in [2.45, 2.75) is 77.1 Å². The van der Waals surface area contributed by atoms with Gasteiger partial charge in [0.1, 0.15) is 11.4 Å². The molecule has 38 heavy (non-hydrogen) atoms. The number of carbonyl (C=O) groups excluding carboxylic acids is 2. The van der Waals surface area contributed by atoms with Gasteiger partial charge in [-0.2, -0.15) is 0 Å². The van der Waals surface area contributed by atoms with Gasteiger partial charge in [-0.3, -0.25) is 4.90 Å².